The standard InChI is InChI=1S/C14H13BrN4OS/c15-11-8-21-14(17-11)13-9-7-16-5-4-10(9)19(18-13)12-3-1-2-6-20-12/h4-5,7-8,12H,1-3,6H2. The molecule has 108 valence electrons. The van der Waals surface area contributed by atoms with E-state index in [0.717, 1.165) is 45.7 Å². The van der Waals surface area contributed by atoms with Crippen LogP contribution in [-0.2, 0) is 4.74 Å². The van der Waals surface area contributed by atoms with Crippen molar-refractivity contribution in [2.75, 3.05) is 6.61 Å². The van der Waals surface area contributed by atoms with Gasteiger partial charge in [-0.1, -0.05) is 0 Å². The lowest BCUT2D eigenvalue weighted by Gasteiger charge is -2.23. The first-order valence-corrected chi connectivity index (χ1v) is 8.55. The summed E-state index contributed by atoms with van der Waals surface area (Å²) in [5, 5.41) is 8.66. The molecular formula is C14H13BrN4OS. The van der Waals surface area contributed by atoms with Crippen molar-refractivity contribution in [2.45, 2.75) is 25.5 Å². The van der Waals surface area contributed by atoms with Gasteiger partial charge in [-0.3, -0.25) is 4.98 Å². The second-order valence-corrected chi connectivity index (χ2v) is 6.65. The lowest BCUT2D eigenvalue weighted by Crippen LogP contribution is -2.19. The number of nitrogens with zero attached hydrogens (tertiary/aromatic N) is 4. The number of hydrogen-bond acceptors (Lipinski definition) is 5. The average Bonchev–Trinajstić information content (AvgIpc) is 3.12. The van der Waals surface area contributed by atoms with Crippen molar-refractivity contribution < 1.29 is 4.74 Å². The number of aromatic nitrogens is 4. The first kappa shape index (κ1) is 13.4. The third kappa shape index (κ3) is 2.39. The SMILES string of the molecule is Brc1csc(-c2nn(C3CCCCO3)c3ccncc23)n1. The second kappa shape index (κ2) is 5.47. The number of pyridine rings is 1. The van der Waals surface area contributed by atoms with Gasteiger partial charge in [-0.25, -0.2) is 9.67 Å². The number of fused-ring (bicyclic) bond motifs is 1. The van der Waals surface area contributed by atoms with Crippen molar-refractivity contribution in [1.82, 2.24) is 19.7 Å². The Kier molecular flexibility index (Phi) is 3.48. The molecule has 0 amide bonds. The first-order chi connectivity index (χ1) is 10.3. The fourth-order valence-corrected chi connectivity index (χ4v) is 3.89. The molecule has 0 bridgehead atoms. The van der Waals surface area contributed by atoms with Crippen LogP contribution < -0.4 is 0 Å². The minimum atomic E-state index is 0.0146. The lowest BCUT2D eigenvalue weighted by atomic mass is 10.2. The molecule has 1 unspecified atom stereocenters. The fraction of sp³-hybridized carbons (Fsp3) is 0.357. The molecule has 4 heterocycles. The predicted octanol–water partition coefficient (Wildman–Crippen LogP) is 4.02. The second-order valence-electron chi connectivity index (χ2n) is 4.98. The molecule has 3 aromatic heterocycles. The van der Waals surface area contributed by atoms with E-state index in [1.165, 1.54) is 6.42 Å². The molecule has 4 rings (SSSR count). The zero-order valence-corrected chi connectivity index (χ0v) is 13.6. The van der Waals surface area contributed by atoms with Crippen LogP contribution in [0.5, 0.6) is 0 Å². The highest BCUT2D eigenvalue weighted by Crippen LogP contribution is 2.34. The summed E-state index contributed by atoms with van der Waals surface area (Å²) < 4.78 is 8.70. The Balaban J connectivity index is 1.88. The summed E-state index contributed by atoms with van der Waals surface area (Å²) in [6.45, 7) is 0.801. The van der Waals surface area contributed by atoms with Gasteiger partial charge in [0.15, 0.2) is 6.23 Å². The van der Waals surface area contributed by atoms with Crippen LogP contribution >= 0.6 is 27.3 Å². The highest BCUT2D eigenvalue weighted by molar-refractivity contribution is 9.10. The van der Waals surface area contributed by atoms with Crippen molar-refractivity contribution >= 4 is 38.2 Å². The van der Waals surface area contributed by atoms with E-state index < -0.39 is 0 Å². The minimum absolute atomic E-state index is 0.0146. The normalized spacial score (nSPS) is 19.2. The quantitative estimate of drug-likeness (QED) is 0.689. The average molecular weight is 365 g/mol. The van der Waals surface area contributed by atoms with Crippen molar-refractivity contribution in [3.05, 3.63) is 28.4 Å². The van der Waals surface area contributed by atoms with Crippen molar-refractivity contribution in [3.63, 3.8) is 0 Å². The van der Waals surface area contributed by atoms with Gasteiger partial charge in [0.2, 0.25) is 0 Å². The van der Waals surface area contributed by atoms with Gasteiger partial charge in [0, 0.05) is 29.8 Å². The Bertz CT molecular complexity index is 778. The van der Waals surface area contributed by atoms with Gasteiger partial charge in [0.25, 0.3) is 0 Å². The van der Waals surface area contributed by atoms with Crippen LogP contribution in [-0.4, -0.2) is 26.4 Å². The van der Waals surface area contributed by atoms with Crippen LogP contribution in [0.25, 0.3) is 21.6 Å². The van der Waals surface area contributed by atoms with Gasteiger partial charge in [0.05, 0.1) is 5.52 Å². The Morgan fingerprint density at radius 1 is 1.38 bits per heavy atom. The minimum Gasteiger partial charge on any atom is -0.356 e. The van der Waals surface area contributed by atoms with E-state index in [9.17, 15) is 0 Å². The maximum Gasteiger partial charge on any atom is 0.150 e. The van der Waals surface area contributed by atoms with Gasteiger partial charge in [0.1, 0.15) is 15.3 Å². The Labute approximate surface area is 134 Å². The summed E-state index contributed by atoms with van der Waals surface area (Å²) in [4.78, 5) is 8.72. The van der Waals surface area contributed by atoms with Crippen LogP contribution in [0.3, 0.4) is 0 Å². The molecule has 0 N–H and O–H groups in total. The maximum atomic E-state index is 5.88. The molecule has 0 spiro atoms. The van der Waals surface area contributed by atoms with Crippen LogP contribution in [0.4, 0.5) is 0 Å². The van der Waals surface area contributed by atoms with E-state index in [0.29, 0.717) is 0 Å². The van der Waals surface area contributed by atoms with Crippen LogP contribution in [0.2, 0.25) is 0 Å². The number of halogens is 1. The summed E-state index contributed by atoms with van der Waals surface area (Å²) in [6, 6.07) is 1.99. The smallest absolute Gasteiger partial charge is 0.150 e. The van der Waals surface area contributed by atoms with E-state index in [4.69, 9.17) is 9.84 Å². The Hall–Kier alpha value is -1.31. The zero-order valence-electron chi connectivity index (χ0n) is 11.2. The van der Waals surface area contributed by atoms with Crippen LogP contribution in [0.15, 0.2) is 28.4 Å². The van der Waals surface area contributed by atoms with Crippen molar-refractivity contribution in [3.8, 4) is 10.7 Å². The molecule has 5 nitrogen and oxygen atoms in total. The third-order valence-electron chi connectivity index (χ3n) is 3.61. The van der Waals surface area contributed by atoms with E-state index in [2.05, 4.69) is 25.9 Å². The largest absolute Gasteiger partial charge is 0.356 e. The molecule has 1 saturated heterocycles. The molecule has 1 fully saturated rings. The summed E-state index contributed by atoms with van der Waals surface area (Å²) in [5.41, 5.74) is 1.93. The summed E-state index contributed by atoms with van der Waals surface area (Å²) in [6.07, 6.45) is 6.97. The molecule has 1 aliphatic heterocycles. The molecule has 7 heteroatoms. The van der Waals surface area contributed by atoms with E-state index >= 15 is 0 Å². The highest BCUT2D eigenvalue weighted by atomic mass is 79.9. The van der Waals surface area contributed by atoms with Gasteiger partial charge in [-0.05, 0) is 41.3 Å². The molecule has 0 radical (unpaired) electrons. The van der Waals surface area contributed by atoms with Gasteiger partial charge in [-0.15, -0.1) is 11.3 Å². The molecule has 1 atom stereocenters. The number of hydrogen-bond donors (Lipinski definition) is 0. The molecule has 21 heavy (non-hydrogen) atoms. The first-order valence-electron chi connectivity index (χ1n) is 6.88. The summed E-state index contributed by atoms with van der Waals surface area (Å²) in [5.74, 6) is 0. The van der Waals surface area contributed by atoms with Gasteiger partial charge < -0.3 is 4.74 Å². The van der Waals surface area contributed by atoms with Crippen molar-refractivity contribution in [1.29, 1.82) is 0 Å². The maximum absolute atomic E-state index is 5.88. The van der Waals surface area contributed by atoms with Gasteiger partial charge >= 0.3 is 0 Å². The number of ether oxygens (including phenoxy) is 1. The summed E-state index contributed by atoms with van der Waals surface area (Å²) in [7, 11) is 0. The van der Waals surface area contributed by atoms with Crippen LogP contribution in [0.1, 0.15) is 25.5 Å². The number of rotatable bonds is 2. The Morgan fingerprint density at radius 3 is 3.10 bits per heavy atom. The summed E-state index contributed by atoms with van der Waals surface area (Å²) >= 11 is 4.98. The molecule has 0 saturated carbocycles. The van der Waals surface area contributed by atoms with E-state index in [-0.39, 0.29) is 6.23 Å². The molecule has 1 aliphatic rings. The third-order valence-corrected chi connectivity index (χ3v) is 5.17. The molecule has 0 aliphatic carbocycles. The predicted molar refractivity (Wildman–Crippen MR) is 85.2 cm³/mol. The Morgan fingerprint density at radius 2 is 2.33 bits per heavy atom. The highest BCUT2D eigenvalue weighted by Gasteiger charge is 2.22. The van der Waals surface area contributed by atoms with E-state index in [1.807, 2.05) is 22.3 Å². The lowest BCUT2D eigenvalue weighted by molar-refractivity contribution is -0.0365. The number of thiazole rings is 1. The van der Waals surface area contributed by atoms with Crippen molar-refractivity contribution in [2.24, 2.45) is 0 Å². The zero-order chi connectivity index (χ0) is 14.2. The van der Waals surface area contributed by atoms with Crippen LogP contribution in [0, 0.1) is 0 Å². The molecule has 0 aromatic carbocycles. The monoisotopic (exact) mass is 364 g/mol. The van der Waals surface area contributed by atoms with Gasteiger partial charge in [-0.2, -0.15) is 5.10 Å². The van der Waals surface area contributed by atoms with E-state index in [1.54, 1.807) is 17.5 Å². The topological polar surface area (TPSA) is 52.8 Å². The fourth-order valence-electron chi connectivity index (χ4n) is 2.64. The molecule has 3 aromatic rings. The molecular weight excluding hydrogens is 352 g/mol.